The monoisotopic (exact) mass is 283 g/mol. The van der Waals surface area contributed by atoms with Crippen LogP contribution >= 0.6 is 11.3 Å². The van der Waals surface area contributed by atoms with E-state index in [0.29, 0.717) is 5.82 Å². The topological polar surface area (TPSA) is 51.8 Å². The van der Waals surface area contributed by atoms with Crippen LogP contribution in [-0.2, 0) is 6.42 Å². The van der Waals surface area contributed by atoms with E-state index in [-0.39, 0.29) is 0 Å². The summed E-state index contributed by atoms with van der Waals surface area (Å²) in [6.45, 7) is 6.26. The average Bonchev–Trinajstić information content (AvgIpc) is 2.68. The van der Waals surface area contributed by atoms with Crippen LogP contribution in [0.5, 0.6) is 0 Å². The largest absolute Gasteiger partial charge is 0.383 e. The Hall–Kier alpha value is -1.94. The van der Waals surface area contributed by atoms with Crippen LogP contribution in [0.25, 0.3) is 10.2 Å². The van der Waals surface area contributed by atoms with Crippen LogP contribution in [0.2, 0.25) is 0 Å². The Morgan fingerprint density at radius 3 is 2.45 bits per heavy atom. The van der Waals surface area contributed by atoms with E-state index in [4.69, 9.17) is 5.73 Å². The molecule has 3 nitrogen and oxygen atoms in total. The van der Waals surface area contributed by atoms with Gasteiger partial charge in [0, 0.05) is 11.3 Å². The Morgan fingerprint density at radius 2 is 1.75 bits per heavy atom. The second-order valence-corrected chi connectivity index (χ2v) is 6.35. The zero-order chi connectivity index (χ0) is 14.3. The molecule has 1 aromatic carbocycles. The van der Waals surface area contributed by atoms with Crippen LogP contribution < -0.4 is 5.73 Å². The smallest absolute Gasteiger partial charge is 0.136 e. The molecular formula is C16H17N3S. The maximum atomic E-state index is 6.10. The summed E-state index contributed by atoms with van der Waals surface area (Å²) in [6.07, 6.45) is 0.719. The van der Waals surface area contributed by atoms with Crippen LogP contribution in [0, 0.1) is 20.8 Å². The predicted octanol–water partition coefficient (Wildman–Crippen LogP) is 3.79. The molecule has 0 radical (unpaired) electrons. The molecule has 0 bridgehead atoms. The van der Waals surface area contributed by atoms with Crippen LogP contribution in [0.1, 0.15) is 27.4 Å². The fourth-order valence-electron chi connectivity index (χ4n) is 2.29. The molecule has 0 aliphatic rings. The number of aryl methyl sites for hydroxylation is 3. The van der Waals surface area contributed by atoms with Crippen LogP contribution in [0.3, 0.4) is 0 Å². The summed E-state index contributed by atoms with van der Waals surface area (Å²) in [5.74, 6) is 1.39. The number of nitrogens with two attached hydrogens (primary N) is 1. The van der Waals surface area contributed by atoms with Gasteiger partial charge in [0.15, 0.2) is 0 Å². The van der Waals surface area contributed by atoms with Crippen molar-refractivity contribution in [2.75, 3.05) is 5.73 Å². The van der Waals surface area contributed by atoms with Crippen molar-refractivity contribution in [3.05, 3.63) is 51.7 Å². The molecule has 2 aromatic heterocycles. The summed E-state index contributed by atoms with van der Waals surface area (Å²) in [5.41, 5.74) is 9.77. The molecule has 4 heteroatoms. The van der Waals surface area contributed by atoms with E-state index in [1.54, 1.807) is 11.3 Å². The molecular weight excluding hydrogens is 266 g/mol. The molecule has 0 unspecified atom stereocenters. The maximum absolute atomic E-state index is 6.10. The molecule has 0 saturated heterocycles. The Bertz CT molecular complexity index is 773. The first-order chi connectivity index (χ1) is 9.54. The van der Waals surface area contributed by atoms with Gasteiger partial charge in [-0.15, -0.1) is 11.3 Å². The molecule has 0 aliphatic carbocycles. The molecule has 0 fully saturated rings. The number of rotatable bonds is 2. The maximum Gasteiger partial charge on any atom is 0.136 e. The quantitative estimate of drug-likeness (QED) is 0.778. The molecule has 102 valence electrons. The van der Waals surface area contributed by atoms with Gasteiger partial charge in [-0.25, -0.2) is 9.97 Å². The van der Waals surface area contributed by atoms with Gasteiger partial charge >= 0.3 is 0 Å². The van der Waals surface area contributed by atoms with Crippen molar-refractivity contribution in [1.29, 1.82) is 0 Å². The van der Waals surface area contributed by atoms with Crippen LogP contribution in [0.15, 0.2) is 24.3 Å². The SMILES string of the molecule is Cc1ccc(Cc2nc(N)c3c(C)c(C)sc3n2)cc1. The third kappa shape index (κ3) is 2.27. The second-order valence-electron chi connectivity index (χ2n) is 5.15. The third-order valence-corrected chi connectivity index (χ3v) is 4.69. The van der Waals surface area contributed by atoms with Crippen molar-refractivity contribution in [2.24, 2.45) is 0 Å². The summed E-state index contributed by atoms with van der Waals surface area (Å²) >= 11 is 1.69. The molecule has 2 heterocycles. The van der Waals surface area contributed by atoms with E-state index in [1.165, 1.54) is 21.6 Å². The number of anilines is 1. The van der Waals surface area contributed by atoms with E-state index >= 15 is 0 Å². The lowest BCUT2D eigenvalue weighted by Gasteiger charge is -2.04. The Labute approximate surface area is 122 Å². The Balaban J connectivity index is 2.02. The lowest BCUT2D eigenvalue weighted by molar-refractivity contribution is 1.00. The molecule has 2 N–H and O–H groups in total. The third-order valence-electron chi connectivity index (χ3n) is 3.59. The van der Waals surface area contributed by atoms with Gasteiger partial charge in [-0.2, -0.15) is 0 Å². The van der Waals surface area contributed by atoms with E-state index in [1.807, 2.05) is 0 Å². The number of hydrogen-bond acceptors (Lipinski definition) is 4. The minimum absolute atomic E-state index is 0.596. The van der Waals surface area contributed by atoms with Gasteiger partial charge in [-0.05, 0) is 31.9 Å². The predicted molar refractivity (Wildman–Crippen MR) is 85.3 cm³/mol. The van der Waals surface area contributed by atoms with Gasteiger partial charge in [-0.3, -0.25) is 0 Å². The van der Waals surface area contributed by atoms with E-state index in [9.17, 15) is 0 Å². The van der Waals surface area contributed by atoms with Gasteiger partial charge in [0.1, 0.15) is 16.5 Å². The number of nitrogen functional groups attached to an aromatic ring is 1. The second kappa shape index (κ2) is 4.87. The molecule has 0 saturated carbocycles. The summed E-state index contributed by atoms with van der Waals surface area (Å²) in [5, 5.41) is 1.01. The highest BCUT2D eigenvalue weighted by molar-refractivity contribution is 7.18. The van der Waals surface area contributed by atoms with Crippen molar-refractivity contribution in [3.8, 4) is 0 Å². The van der Waals surface area contributed by atoms with Crippen molar-refractivity contribution >= 4 is 27.4 Å². The van der Waals surface area contributed by atoms with E-state index < -0.39 is 0 Å². The first-order valence-electron chi connectivity index (χ1n) is 6.62. The van der Waals surface area contributed by atoms with Crippen LogP contribution in [-0.4, -0.2) is 9.97 Å². The first kappa shape index (κ1) is 13.1. The van der Waals surface area contributed by atoms with E-state index in [2.05, 4.69) is 55.0 Å². The van der Waals surface area contributed by atoms with Gasteiger partial charge < -0.3 is 5.73 Å². The van der Waals surface area contributed by atoms with Crippen molar-refractivity contribution in [3.63, 3.8) is 0 Å². The summed E-state index contributed by atoms with van der Waals surface area (Å²) in [7, 11) is 0. The van der Waals surface area contributed by atoms with Crippen molar-refractivity contribution in [1.82, 2.24) is 9.97 Å². The highest BCUT2D eigenvalue weighted by Gasteiger charge is 2.12. The lowest BCUT2D eigenvalue weighted by atomic mass is 10.1. The molecule has 0 spiro atoms. The molecule has 0 atom stereocenters. The highest BCUT2D eigenvalue weighted by Crippen LogP contribution is 2.32. The number of fused-ring (bicyclic) bond motifs is 1. The fraction of sp³-hybridized carbons (Fsp3) is 0.250. The fourth-order valence-corrected chi connectivity index (χ4v) is 3.35. The Kier molecular flexibility index (Phi) is 3.18. The molecule has 3 aromatic rings. The van der Waals surface area contributed by atoms with Gasteiger partial charge in [-0.1, -0.05) is 29.8 Å². The molecule has 0 aliphatic heterocycles. The summed E-state index contributed by atoms with van der Waals surface area (Å²) in [4.78, 5) is 11.4. The summed E-state index contributed by atoms with van der Waals surface area (Å²) in [6, 6.07) is 8.45. The van der Waals surface area contributed by atoms with Gasteiger partial charge in [0.25, 0.3) is 0 Å². The average molecular weight is 283 g/mol. The van der Waals surface area contributed by atoms with E-state index in [0.717, 1.165) is 22.5 Å². The molecule has 0 amide bonds. The van der Waals surface area contributed by atoms with Crippen LogP contribution in [0.4, 0.5) is 5.82 Å². The minimum atomic E-state index is 0.596. The number of benzene rings is 1. The first-order valence-corrected chi connectivity index (χ1v) is 7.44. The van der Waals surface area contributed by atoms with Crippen molar-refractivity contribution < 1.29 is 0 Å². The normalized spacial score (nSPS) is 11.2. The highest BCUT2D eigenvalue weighted by atomic mass is 32.1. The molecule has 3 rings (SSSR count). The number of aromatic nitrogens is 2. The number of thiophene rings is 1. The standard InChI is InChI=1S/C16H17N3S/c1-9-4-6-12(7-5-9)8-13-18-15(17)14-10(2)11(3)20-16(14)19-13/h4-7H,8H2,1-3H3,(H2,17,18,19). The number of hydrogen-bond donors (Lipinski definition) is 1. The minimum Gasteiger partial charge on any atom is -0.383 e. The Morgan fingerprint density at radius 1 is 1.05 bits per heavy atom. The zero-order valence-corrected chi connectivity index (χ0v) is 12.7. The number of nitrogens with zero attached hydrogens (tertiary/aromatic N) is 2. The lowest BCUT2D eigenvalue weighted by Crippen LogP contribution is -2.01. The molecule has 20 heavy (non-hydrogen) atoms. The van der Waals surface area contributed by atoms with Gasteiger partial charge in [0.05, 0.1) is 5.39 Å². The summed E-state index contributed by atoms with van der Waals surface area (Å²) < 4.78 is 0. The van der Waals surface area contributed by atoms with Gasteiger partial charge in [0.2, 0.25) is 0 Å². The zero-order valence-electron chi connectivity index (χ0n) is 11.9. The van der Waals surface area contributed by atoms with Crippen molar-refractivity contribution in [2.45, 2.75) is 27.2 Å².